The van der Waals surface area contributed by atoms with Gasteiger partial charge in [-0.25, -0.2) is 4.98 Å². The topological polar surface area (TPSA) is 134 Å². The number of nitrogens with one attached hydrogen (secondary N) is 1. The fourth-order valence-electron chi connectivity index (χ4n) is 3.81. The smallest absolute Gasteiger partial charge is 0.248 e. The maximum absolute atomic E-state index is 14.7. The van der Waals surface area contributed by atoms with Gasteiger partial charge in [0.25, 0.3) is 0 Å². The highest BCUT2D eigenvalue weighted by atomic mass is 19.1. The Morgan fingerprint density at radius 3 is 2.66 bits per heavy atom. The van der Waals surface area contributed by atoms with Gasteiger partial charge in [0.1, 0.15) is 18.2 Å². The van der Waals surface area contributed by atoms with E-state index in [0.717, 1.165) is 0 Å². The number of carbonyl (C=O) groups excluding carboxylic acids is 2. The predicted molar refractivity (Wildman–Crippen MR) is 124 cm³/mol. The van der Waals surface area contributed by atoms with E-state index in [-0.39, 0.29) is 47.8 Å². The first-order chi connectivity index (χ1) is 16.7. The summed E-state index contributed by atoms with van der Waals surface area (Å²) in [5, 5.41) is 21.3. The minimum atomic E-state index is -1.17. The number of rotatable bonds is 11. The lowest BCUT2D eigenvalue weighted by atomic mass is 10.0. The highest BCUT2D eigenvalue weighted by Gasteiger charge is 2.39. The molecule has 190 valence electrons. The molecule has 0 saturated carbocycles. The Morgan fingerprint density at radius 1 is 1.29 bits per heavy atom. The fraction of sp³-hybridized carbons (Fsp3) is 0.500. The van der Waals surface area contributed by atoms with Crippen molar-refractivity contribution in [3.8, 4) is 11.5 Å². The second-order valence-electron chi connectivity index (χ2n) is 8.65. The summed E-state index contributed by atoms with van der Waals surface area (Å²) in [6.07, 6.45) is 1.13. The monoisotopic (exact) mass is 490 g/mol. The van der Waals surface area contributed by atoms with E-state index >= 15 is 0 Å². The maximum Gasteiger partial charge on any atom is 0.248 e. The number of hydrogen-bond acceptors (Lipinski definition) is 8. The van der Waals surface area contributed by atoms with E-state index in [4.69, 9.17) is 14.6 Å². The number of carbonyl (C=O) groups is 2. The second-order valence-corrected chi connectivity index (χ2v) is 8.65. The van der Waals surface area contributed by atoms with E-state index in [9.17, 15) is 19.1 Å². The van der Waals surface area contributed by atoms with Gasteiger partial charge in [-0.05, 0) is 31.4 Å². The number of hydrogen-bond donors (Lipinski definition) is 3. The van der Waals surface area contributed by atoms with Crippen molar-refractivity contribution in [2.24, 2.45) is 5.92 Å². The van der Waals surface area contributed by atoms with Crippen LogP contribution in [0.15, 0.2) is 30.6 Å². The molecule has 3 rings (SSSR count). The Labute approximate surface area is 203 Å². The molecule has 0 spiro atoms. The fourth-order valence-corrected chi connectivity index (χ4v) is 3.81. The van der Waals surface area contributed by atoms with Gasteiger partial charge in [-0.15, -0.1) is 0 Å². The molecule has 10 nitrogen and oxygen atoms in total. The van der Waals surface area contributed by atoms with E-state index < -0.39 is 36.6 Å². The minimum Gasteiger partial charge on any atom is -0.491 e. The SMILES string of the molecule is CCOc1cccc(OC2CC(=O)N([C@@H](CC(C)C)C(=O)Nc3cnc([C@H](O)CO)cn3)C2)c1F. The normalized spacial score (nSPS) is 17.4. The number of benzene rings is 1. The third-order valence-corrected chi connectivity index (χ3v) is 5.46. The molecule has 2 amide bonds. The van der Waals surface area contributed by atoms with Crippen LogP contribution >= 0.6 is 0 Å². The average molecular weight is 491 g/mol. The van der Waals surface area contributed by atoms with E-state index in [1.807, 2.05) is 13.8 Å². The molecule has 0 bridgehead atoms. The standard InChI is InChI=1S/C24H31FN4O6/c1-4-34-19-6-5-7-20(23(19)25)35-15-9-22(32)29(12-15)17(8-14(2)3)24(33)28-21-11-26-16(10-27-21)18(31)13-30/h5-7,10-11,14-15,17-18,30-31H,4,8-9,12-13H2,1-3H3,(H,27,28,33)/t15?,17-,18+/m0/s1. The molecule has 1 aliphatic heterocycles. The second kappa shape index (κ2) is 11.9. The van der Waals surface area contributed by atoms with Gasteiger partial charge in [0.15, 0.2) is 17.3 Å². The number of amides is 2. The van der Waals surface area contributed by atoms with Crippen molar-refractivity contribution in [2.45, 2.75) is 51.9 Å². The Hall–Kier alpha value is -3.31. The van der Waals surface area contributed by atoms with Crippen molar-refractivity contribution in [2.75, 3.05) is 25.1 Å². The summed E-state index contributed by atoms with van der Waals surface area (Å²) in [4.78, 5) is 35.4. The molecule has 2 heterocycles. The summed E-state index contributed by atoms with van der Waals surface area (Å²) < 4.78 is 25.7. The van der Waals surface area contributed by atoms with Gasteiger partial charge in [-0.3, -0.25) is 14.6 Å². The summed E-state index contributed by atoms with van der Waals surface area (Å²) in [6.45, 7) is 5.55. The molecule has 0 aliphatic carbocycles. The number of nitrogens with zero attached hydrogens (tertiary/aromatic N) is 3. The molecule has 1 aromatic heterocycles. The first-order valence-electron chi connectivity index (χ1n) is 11.5. The van der Waals surface area contributed by atoms with E-state index in [1.54, 1.807) is 13.0 Å². The van der Waals surface area contributed by atoms with Crippen LogP contribution in [-0.4, -0.2) is 68.8 Å². The van der Waals surface area contributed by atoms with E-state index in [2.05, 4.69) is 15.3 Å². The van der Waals surface area contributed by atoms with Crippen LogP contribution in [0.1, 0.15) is 45.4 Å². The van der Waals surface area contributed by atoms with Crippen LogP contribution in [0.25, 0.3) is 0 Å². The number of ether oxygens (including phenoxy) is 2. The zero-order chi connectivity index (χ0) is 25.5. The molecule has 2 aromatic rings. The summed E-state index contributed by atoms with van der Waals surface area (Å²) in [5.41, 5.74) is 0.166. The molecule has 0 radical (unpaired) electrons. The van der Waals surface area contributed by atoms with Crippen LogP contribution in [0, 0.1) is 11.7 Å². The lowest BCUT2D eigenvalue weighted by molar-refractivity contribution is -0.135. The highest BCUT2D eigenvalue weighted by Crippen LogP contribution is 2.30. The highest BCUT2D eigenvalue weighted by molar-refractivity contribution is 5.97. The number of aliphatic hydroxyl groups excluding tert-OH is 2. The molecular formula is C24H31FN4O6. The number of aromatic nitrogens is 2. The zero-order valence-corrected chi connectivity index (χ0v) is 20.0. The third kappa shape index (κ3) is 6.64. The molecule has 1 fully saturated rings. The Bertz CT molecular complexity index is 1020. The maximum atomic E-state index is 14.7. The average Bonchev–Trinajstić information content (AvgIpc) is 3.19. The van der Waals surface area contributed by atoms with Crippen LogP contribution in [0.5, 0.6) is 11.5 Å². The Morgan fingerprint density at radius 2 is 2.03 bits per heavy atom. The first kappa shape index (κ1) is 26.3. The molecule has 1 saturated heterocycles. The van der Waals surface area contributed by atoms with Gasteiger partial charge < -0.3 is 29.9 Å². The molecular weight excluding hydrogens is 459 g/mol. The molecule has 3 N–H and O–H groups in total. The van der Waals surface area contributed by atoms with Gasteiger partial charge in [-0.2, -0.15) is 4.39 Å². The van der Waals surface area contributed by atoms with Crippen molar-refractivity contribution in [3.05, 3.63) is 42.1 Å². The number of aliphatic hydroxyl groups is 2. The minimum absolute atomic E-state index is 0.00767. The van der Waals surface area contributed by atoms with Crippen LogP contribution in [-0.2, 0) is 9.59 Å². The zero-order valence-electron chi connectivity index (χ0n) is 20.0. The largest absolute Gasteiger partial charge is 0.491 e. The lowest BCUT2D eigenvalue weighted by Crippen LogP contribution is -2.46. The number of likely N-dealkylation sites (tertiary alicyclic amines) is 1. The molecule has 1 unspecified atom stereocenters. The van der Waals surface area contributed by atoms with Crippen LogP contribution in [0.2, 0.25) is 0 Å². The van der Waals surface area contributed by atoms with E-state index in [0.29, 0.717) is 13.0 Å². The van der Waals surface area contributed by atoms with Gasteiger partial charge >= 0.3 is 0 Å². The van der Waals surface area contributed by atoms with Gasteiger partial charge in [0.05, 0.1) is 44.3 Å². The molecule has 11 heteroatoms. The van der Waals surface area contributed by atoms with Crippen molar-refractivity contribution in [3.63, 3.8) is 0 Å². The quantitative estimate of drug-likeness (QED) is 0.436. The molecule has 35 heavy (non-hydrogen) atoms. The third-order valence-electron chi connectivity index (χ3n) is 5.46. The Balaban J connectivity index is 1.71. The summed E-state index contributed by atoms with van der Waals surface area (Å²) in [7, 11) is 0. The van der Waals surface area contributed by atoms with Crippen molar-refractivity contribution < 1.29 is 33.7 Å². The molecule has 3 atom stereocenters. The van der Waals surface area contributed by atoms with Crippen LogP contribution in [0.4, 0.5) is 10.2 Å². The first-order valence-corrected chi connectivity index (χ1v) is 11.5. The lowest BCUT2D eigenvalue weighted by Gasteiger charge is -2.28. The van der Waals surface area contributed by atoms with Gasteiger partial charge in [0, 0.05) is 0 Å². The predicted octanol–water partition coefficient (Wildman–Crippen LogP) is 2.07. The molecule has 1 aromatic carbocycles. The van der Waals surface area contributed by atoms with E-state index in [1.165, 1.54) is 29.4 Å². The number of halogens is 1. The summed E-state index contributed by atoms with van der Waals surface area (Å²) in [6, 6.07) is 3.79. The van der Waals surface area contributed by atoms with Crippen LogP contribution < -0.4 is 14.8 Å². The summed E-state index contributed by atoms with van der Waals surface area (Å²) >= 11 is 0. The van der Waals surface area contributed by atoms with Crippen LogP contribution in [0.3, 0.4) is 0 Å². The number of anilines is 1. The molecule has 1 aliphatic rings. The summed E-state index contributed by atoms with van der Waals surface area (Å²) in [5.74, 6) is -1.04. The van der Waals surface area contributed by atoms with Gasteiger partial charge in [-0.1, -0.05) is 19.9 Å². The van der Waals surface area contributed by atoms with Crippen molar-refractivity contribution in [1.29, 1.82) is 0 Å². The van der Waals surface area contributed by atoms with Crippen molar-refractivity contribution in [1.82, 2.24) is 14.9 Å². The van der Waals surface area contributed by atoms with Crippen molar-refractivity contribution >= 4 is 17.6 Å². The van der Waals surface area contributed by atoms with Gasteiger partial charge in [0.2, 0.25) is 17.6 Å². The Kier molecular flexibility index (Phi) is 8.94.